The highest BCUT2D eigenvalue weighted by Gasteiger charge is 2.08. The summed E-state index contributed by atoms with van der Waals surface area (Å²) in [6, 6.07) is 0. The predicted molar refractivity (Wildman–Crippen MR) is 70.9 cm³/mol. The molecule has 5 heteroatoms. The highest BCUT2D eigenvalue weighted by Crippen LogP contribution is 2.03. The molecule has 0 aromatic rings. The minimum atomic E-state index is -0.567. The number of carbonyl (C=O) groups is 2. The van der Waals surface area contributed by atoms with Crippen LogP contribution in [0.4, 0.5) is 0 Å². The molecule has 0 spiro atoms. The smallest absolute Gasteiger partial charge is 0.342 e. The maximum Gasteiger partial charge on any atom is 0.342 e. The average Bonchev–Trinajstić information content (AvgIpc) is 2.41. The van der Waals surface area contributed by atoms with Crippen molar-refractivity contribution in [2.45, 2.75) is 58.8 Å². The fraction of sp³-hybridized carbons (Fsp3) is 0.714. The third-order valence-corrected chi connectivity index (χ3v) is 2.32. The largest absolute Gasteiger partial charge is 0.435 e. The van der Waals surface area contributed by atoms with Gasteiger partial charge in [0.15, 0.2) is 0 Å². The van der Waals surface area contributed by atoms with E-state index in [-0.39, 0.29) is 19.4 Å². The van der Waals surface area contributed by atoms with E-state index in [0.29, 0.717) is 0 Å². The molecule has 0 unspecified atom stereocenters. The molecular formula is C14H24O5. The lowest BCUT2D eigenvalue weighted by Gasteiger charge is -2.00. The second kappa shape index (κ2) is 13.1. The lowest BCUT2D eigenvalue weighted by atomic mass is 10.1. The van der Waals surface area contributed by atoms with E-state index in [1.165, 1.54) is 25.5 Å². The molecule has 0 aliphatic rings. The molecule has 0 aromatic carbocycles. The second-order valence-corrected chi connectivity index (χ2v) is 4.07. The van der Waals surface area contributed by atoms with Crippen molar-refractivity contribution in [1.82, 2.24) is 0 Å². The molecule has 5 nitrogen and oxygen atoms in total. The van der Waals surface area contributed by atoms with Crippen LogP contribution in [0.5, 0.6) is 0 Å². The van der Waals surface area contributed by atoms with Gasteiger partial charge in [-0.3, -0.25) is 9.68 Å². The van der Waals surface area contributed by atoms with E-state index >= 15 is 0 Å². The van der Waals surface area contributed by atoms with Gasteiger partial charge in [-0.15, -0.1) is 0 Å². The lowest BCUT2D eigenvalue weighted by Crippen LogP contribution is -2.09. The van der Waals surface area contributed by atoms with Crippen molar-refractivity contribution in [2.24, 2.45) is 0 Å². The van der Waals surface area contributed by atoms with Crippen molar-refractivity contribution in [1.29, 1.82) is 0 Å². The topological polar surface area (TPSA) is 61.8 Å². The van der Waals surface area contributed by atoms with Crippen molar-refractivity contribution < 1.29 is 24.1 Å². The fourth-order valence-corrected chi connectivity index (χ4v) is 1.31. The van der Waals surface area contributed by atoms with Gasteiger partial charge in [0.05, 0.1) is 25.7 Å². The van der Waals surface area contributed by atoms with Crippen LogP contribution in [0.1, 0.15) is 58.8 Å². The second-order valence-electron chi connectivity index (χ2n) is 4.07. The number of esters is 1. The van der Waals surface area contributed by atoms with Crippen LogP contribution in [0.2, 0.25) is 0 Å². The van der Waals surface area contributed by atoms with Crippen LogP contribution in [0.25, 0.3) is 0 Å². The average molecular weight is 272 g/mol. The Morgan fingerprint density at radius 1 is 1.00 bits per heavy atom. The Morgan fingerprint density at radius 2 is 1.74 bits per heavy atom. The zero-order chi connectivity index (χ0) is 14.3. The Labute approximate surface area is 114 Å². The Morgan fingerprint density at radius 3 is 2.42 bits per heavy atom. The van der Waals surface area contributed by atoms with E-state index in [2.05, 4.69) is 16.7 Å². The molecule has 0 saturated heterocycles. The molecule has 0 amide bonds. The van der Waals surface area contributed by atoms with Gasteiger partial charge in [0.25, 0.3) is 0 Å². The predicted octanol–water partition coefficient (Wildman–Crippen LogP) is 3.29. The van der Waals surface area contributed by atoms with Gasteiger partial charge in [-0.25, -0.2) is 4.79 Å². The SMILES string of the molecule is CCCCCCC=COC(=O)CCC(=O)OOCC. The molecule has 0 heterocycles. The van der Waals surface area contributed by atoms with Crippen LogP contribution in [-0.2, 0) is 24.1 Å². The van der Waals surface area contributed by atoms with Gasteiger partial charge in [0.1, 0.15) is 0 Å². The summed E-state index contributed by atoms with van der Waals surface area (Å²) in [5.41, 5.74) is 0. The van der Waals surface area contributed by atoms with Gasteiger partial charge in [-0.2, -0.15) is 4.89 Å². The Hall–Kier alpha value is -1.36. The van der Waals surface area contributed by atoms with Gasteiger partial charge in [0, 0.05) is 0 Å². The molecule has 0 aliphatic carbocycles. The number of rotatable bonds is 11. The van der Waals surface area contributed by atoms with E-state index in [9.17, 15) is 9.59 Å². The molecule has 0 aliphatic heterocycles. The molecular weight excluding hydrogens is 248 g/mol. The zero-order valence-electron chi connectivity index (χ0n) is 11.9. The van der Waals surface area contributed by atoms with E-state index in [0.717, 1.165) is 12.8 Å². The Kier molecular flexibility index (Phi) is 12.1. The summed E-state index contributed by atoms with van der Waals surface area (Å²) in [4.78, 5) is 31.1. The zero-order valence-corrected chi connectivity index (χ0v) is 11.9. The van der Waals surface area contributed by atoms with Gasteiger partial charge < -0.3 is 4.74 Å². The molecule has 110 valence electrons. The molecule has 0 N–H and O–H groups in total. The normalized spacial score (nSPS) is 10.6. The third-order valence-electron chi connectivity index (χ3n) is 2.32. The van der Waals surface area contributed by atoms with Crippen molar-refractivity contribution >= 4 is 11.9 Å². The summed E-state index contributed by atoms with van der Waals surface area (Å²) in [5, 5.41) is 0. The minimum Gasteiger partial charge on any atom is -0.435 e. The van der Waals surface area contributed by atoms with Crippen molar-refractivity contribution in [3.8, 4) is 0 Å². The van der Waals surface area contributed by atoms with Crippen LogP contribution in [0.3, 0.4) is 0 Å². The van der Waals surface area contributed by atoms with Crippen LogP contribution in [0.15, 0.2) is 12.3 Å². The van der Waals surface area contributed by atoms with Gasteiger partial charge in [-0.1, -0.05) is 26.2 Å². The summed E-state index contributed by atoms with van der Waals surface area (Å²) in [6.07, 6.45) is 8.80. The number of carbonyl (C=O) groups excluding carboxylic acids is 2. The highest BCUT2D eigenvalue weighted by atomic mass is 17.2. The third kappa shape index (κ3) is 12.9. The van der Waals surface area contributed by atoms with Gasteiger partial charge >= 0.3 is 11.9 Å². The molecule has 0 saturated carbocycles. The van der Waals surface area contributed by atoms with E-state index in [1.54, 1.807) is 6.92 Å². The molecule has 0 rings (SSSR count). The van der Waals surface area contributed by atoms with Crippen molar-refractivity contribution in [3.05, 3.63) is 12.3 Å². The summed E-state index contributed by atoms with van der Waals surface area (Å²) >= 11 is 0. The Balaban J connectivity index is 3.48. The minimum absolute atomic E-state index is 0.00785. The first-order chi connectivity index (χ1) is 9.20. The summed E-state index contributed by atoms with van der Waals surface area (Å²) < 4.78 is 4.84. The quantitative estimate of drug-likeness (QED) is 0.190. The molecule has 0 fully saturated rings. The molecule has 0 atom stereocenters. The summed E-state index contributed by atoms with van der Waals surface area (Å²) in [6.45, 7) is 4.15. The Bertz CT molecular complexity index is 273. The number of unbranched alkanes of at least 4 members (excludes halogenated alkanes) is 4. The monoisotopic (exact) mass is 272 g/mol. The van der Waals surface area contributed by atoms with Crippen LogP contribution in [0, 0.1) is 0 Å². The van der Waals surface area contributed by atoms with Gasteiger partial charge in [-0.05, 0) is 25.8 Å². The van der Waals surface area contributed by atoms with Crippen LogP contribution in [-0.4, -0.2) is 18.5 Å². The first-order valence-electron chi connectivity index (χ1n) is 6.87. The van der Waals surface area contributed by atoms with Crippen LogP contribution < -0.4 is 0 Å². The fourth-order valence-electron chi connectivity index (χ4n) is 1.31. The molecule has 0 radical (unpaired) electrons. The lowest BCUT2D eigenvalue weighted by molar-refractivity contribution is -0.269. The standard InChI is InChI=1S/C14H24O5/c1-3-5-6-7-8-9-12-17-13(15)10-11-14(16)19-18-4-2/h9,12H,3-8,10-11H2,1-2H3. The van der Waals surface area contributed by atoms with Crippen molar-refractivity contribution in [2.75, 3.05) is 6.61 Å². The first kappa shape index (κ1) is 17.6. The summed E-state index contributed by atoms with van der Waals surface area (Å²) in [7, 11) is 0. The van der Waals surface area contributed by atoms with E-state index in [1.807, 2.05) is 6.08 Å². The maximum atomic E-state index is 11.2. The number of allylic oxidation sites excluding steroid dienone is 1. The maximum absolute atomic E-state index is 11.2. The van der Waals surface area contributed by atoms with E-state index in [4.69, 9.17) is 4.74 Å². The first-order valence-corrected chi connectivity index (χ1v) is 6.87. The molecule has 19 heavy (non-hydrogen) atoms. The van der Waals surface area contributed by atoms with Crippen LogP contribution >= 0.6 is 0 Å². The number of hydrogen-bond acceptors (Lipinski definition) is 5. The molecule has 0 bridgehead atoms. The van der Waals surface area contributed by atoms with Crippen molar-refractivity contribution in [3.63, 3.8) is 0 Å². The number of hydrogen-bond donors (Lipinski definition) is 0. The highest BCUT2D eigenvalue weighted by molar-refractivity contribution is 5.77. The van der Waals surface area contributed by atoms with E-state index < -0.39 is 11.9 Å². The van der Waals surface area contributed by atoms with Gasteiger partial charge in [0.2, 0.25) is 0 Å². The summed E-state index contributed by atoms with van der Waals surface area (Å²) in [5.74, 6) is -1.01. The molecule has 0 aromatic heterocycles. The number of ether oxygens (including phenoxy) is 1.